The molecular formula is C21H20F3N3OS. The van der Waals surface area contributed by atoms with Gasteiger partial charge >= 0.3 is 6.18 Å². The number of nitrogens with zero attached hydrogens (tertiary/aromatic N) is 1. The number of alkyl halides is 3. The van der Waals surface area contributed by atoms with Gasteiger partial charge in [-0.05, 0) is 36.6 Å². The van der Waals surface area contributed by atoms with E-state index < -0.39 is 17.6 Å². The number of carbonyl (C=O) groups is 1. The third-order valence-electron chi connectivity index (χ3n) is 4.40. The van der Waals surface area contributed by atoms with E-state index in [1.807, 2.05) is 31.2 Å². The van der Waals surface area contributed by atoms with Gasteiger partial charge < -0.3 is 10.6 Å². The average molecular weight is 419 g/mol. The number of hydrogen-bond donors (Lipinski definition) is 2. The zero-order chi connectivity index (χ0) is 21.0. The van der Waals surface area contributed by atoms with Crippen molar-refractivity contribution in [1.29, 1.82) is 0 Å². The quantitative estimate of drug-likeness (QED) is 0.538. The number of nitrogens with one attached hydrogen (secondary N) is 2. The minimum absolute atomic E-state index is 0.0192. The summed E-state index contributed by atoms with van der Waals surface area (Å²) in [5.74, 6) is -0.450. The van der Waals surface area contributed by atoms with E-state index in [-0.39, 0.29) is 12.1 Å². The van der Waals surface area contributed by atoms with Crippen LogP contribution in [0.5, 0.6) is 0 Å². The molecule has 0 bridgehead atoms. The van der Waals surface area contributed by atoms with E-state index >= 15 is 0 Å². The van der Waals surface area contributed by atoms with Crippen LogP contribution in [-0.4, -0.2) is 10.9 Å². The Kier molecular flexibility index (Phi) is 6.22. The van der Waals surface area contributed by atoms with Crippen molar-refractivity contribution in [1.82, 2.24) is 10.3 Å². The molecule has 1 amide bonds. The van der Waals surface area contributed by atoms with Crippen molar-refractivity contribution in [3.63, 3.8) is 0 Å². The molecule has 152 valence electrons. The third kappa shape index (κ3) is 4.95. The molecule has 0 atom stereocenters. The highest BCUT2D eigenvalue weighted by Gasteiger charge is 2.32. The first-order chi connectivity index (χ1) is 13.8. The van der Waals surface area contributed by atoms with Crippen LogP contribution in [0.3, 0.4) is 0 Å². The molecule has 8 heteroatoms. The van der Waals surface area contributed by atoms with Crippen molar-refractivity contribution in [2.45, 2.75) is 33.0 Å². The zero-order valence-electron chi connectivity index (χ0n) is 15.9. The van der Waals surface area contributed by atoms with Crippen molar-refractivity contribution in [2.24, 2.45) is 0 Å². The lowest BCUT2D eigenvalue weighted by atomic mass is 10.1. The standard InChI is InChI=1S/C21H20F3N3OS/c1-3-14-8-5-7-11-17(14)27-20-26-13(2)18(29-20)19(28)25-12-15-9-4-6-10-16(15)21(22,23)24/h4-11H,3,12H2,1-2H3,(H,25,28)(H,26,27). The van der Waals surface area contributed by atoms with Gasteiger partial charge in [0.2, 0.25) is 0 Å². The Hall–Kier alpha value is -2.87. The highest BCUT2D eigenvalue weighted by molar-refractivity contribution is 7.17. The lowest BCUT2D eigenvalue weighted by molar-refractivity contribution is -0.138. The van der Waals surface area contributed by atoms with Crippen LogP contribution in [0.15, 0.2) is 48.5 Å². The van der Waals surface area contributed by atoms with E-state index in [0.717, 1.165) is 23.7 Å². The van der Waals surface area contributed by atoms with Crippen LogP contribution in [0.25, 0.3) is 0 Å². The summed E-state index contributed by atoms with van der Waals surface area (Å²) < 4.78 is 39.3. The van der Waals surface area contributed by atoms with E-state index in [1.54, 1.807) is 6.92 Å². The van der Waals surface area contributed by atoms with Gasteiger partial charge in [0.25, 0.3) is 5.91 Å². The minimum Gasteiger partial charge on any atom is -0.347 e. The fourth-order valence-corrected chi connectivity index (χ4v) is 3.83. The van der Waals surface area contributed by atoms with Crippen molar-refractivity contribution >= 4 is 28.1 Å². The monoisotopic (exact) mass is 419 g/mol. The summed E-state index contributed by atoms with van der Waals surface area (Å²) in [6.45, 7) is 3.53. The van der Waals surface area contributed by atoms with Gasteiger partial charge in [0.1, 0.15) is 4.88 Å². The number of anilines is 2. The first-order valence-corrected chi connectivity index (χ1v) is 9.87. The van der Waals surface area contributed by atoms with Crippen LogP contribution in [0.2, 0.25) is 0 Å². The fraction of sp³-hybridized carbons (Fsp3) is 0.238. The molecule has 4 nitrogen and oxygen atoms in total. The molecule has 0 aliphatic heterocycles. The first kappa shape index (κ1) is 20.9. The maximum absolute atomic E-state index is 13.1. The van der Waals surface area contributed by atoms with Gasteiger partial charge in [0.15, 0.2) is 5.13 Å². The molecular weight excluding hydrogens is 399 g/mol. The molecule has 1 heterocycles. The molecule has 2 N–H and O–H groups in total. The van der Waals surface area contributed by atoms with Gasteiger partial charge in [0.05, 0.1) is 11.3 Å². The normalized spacial score (nSPS) is 11.3. The lowest BCUT2D eigenvalue weighted by Crippen LogP contribution is -2.24. The number of aryl methyl sites for hydroxylation is 2. The van der Waals surface area contributed by atoms with Gasteiger partial charge in [-0.2, -0.15) is 13.2 Å². The Labute approximate surface area is 170 Å². The van der Waals surface area contributed by atoms with E-state index in [1.165, 1.54) is 29.5 Å². The topological polar surface area (TPSA) is 54.0 Å². The van der Waals surface area contributed by atoms with Gasteiger partial charge in [0, 0.05) is 12.2 Å². The number of halogens is 3. The highest BCUT2D eigenvalue weighted by atomic mass is 32.1. The molecule has 0 aliphatic carbocycles. The number of hydrogen-bond acceptors (Lipinski definition) is 4. The summed E-state index contributed by atoms with van der Waals surface area (Å²) in [4.78, 5) is 17.3. The number of benzene rings is 2. The molecule has 3 rings (SSSR count). The van der Waals surface area contributed by atoms with E-state index in [0.29, 0.717) is 15.7 Å². The molecule has 3 aromatic rings. The Morgan fingerprint density at radius 1 is 1.07 bits per heavy atom. The summed E-state index contributed by atoms with van der Waals surface area (Å²) in [6.07, 6.45) is -3.62. The molecule has 0 saturated heterocycles. The second-order valence-corrected chi connectivity index (χ2v) is 7.41. The van der Waals surface area contributed by atoms with Crippen LogP contribution in [0.4, 0.5) is 24.0 Å². The summed E-state index contributed by atoms with van der Waals surface area (Å²) >= 11 is 1.17. The largest absolute Gasteiger partial charge is 0.416 e. The molecule has 0 saturated carbocycles. The summed E-state index contributed by atoms with van der Waals surface area (Å²) in [5, 5.41) is 6.35. The molecule has 0 radical (unpaired) electrons. The van der Waals surface area contributed by atoms with Crippen LogP contribution >= 0.6 is 11.3 Å². The Morgan fingerprint density at radius 2 is 1.72 bits per heavy atom. The third-order valence-corrected chi connectivity index (χ3v) is 5.48. The summed E-state index contributed by atoms with van der Waals surface area (Å²) in [7, 11) is 0. The number of para-hydroxylation sites is 1. The van der Waals surface area contributed by atoms with E-state index in [9.17, 15) is 18.0 Å². The molecule has 29 heavy (non-hydrogen) atoms. The average Bonchev–Trinajstić information content (AvgIpc) is 3.06. The van der Waals surface area contributed by atoms with Gasteiger partial charge in [-0.25, -0.2) is 4.98 Å². The second-order valence-electron chi connectivity index (χ2n) is 6.41. The molecule has 0 fully saturated rings. The SMILES string of the molecule is CCc1ccccc1Nc1nc(C)c(C(=O)NCc2ccccc2C(F)(F)F)s1. The van der Waals surface area contributed by atoms with Crippen molar-refractivity contribution in [3.05, 3.63) is 75.8 Å². The Morgan fingerprint density at radius 3 is 2.41 bits per heavy atom. The molecule has 0 aliphatic rings. The number of thiazole rings is 1. The van der Waals surface area contributed by atoms with Crippen LogP contribution < -0.4 is 10.6 Å². The Balaban J connectivity index is 1.73. The van der Waals surface area contributed by atoms with E-state index in [2.05, 4.69) is 15.6 Å². The molecule has 1 aromatic heterocycles. The molecule has 0 unspecified atom stereocenters. The van der Waals surface area contributed by atoms with Gasteiger partial charge in [-0.3, -0.25) is 4.79 Å². The number of rotatable bonds is 6. The van der Waals surface area contributed by atoms with Crippen LogP contribution in [0.1, 0.15) is 39.0 Å². The van der Waals surface area contributed by atoms with Crippen molar-refractivity contribution < 1.29 is 18.0 Å². The van der Waals surface area contributed by atoms with Gasteiger partial charge in [-0.15, -0.1) is 0 Å². The summed E-state index contributed by atoms with van der Waals surface area (Å²) in [5.41, 5.74) is 1.82. The number of aromatic nitrogens is 1. The zero-order valence-corrected chi connectivity index (χ0v) is 16.7. The first-order valence-electron chi connectivity index (χ1n) is 9.05. The molecule has 2 aromatic carbocycles. The van der Waals surface area contributed by atoms with Gasteiger partial charge in [-0.1, -0.05) is 54.7 Å². The van der Waals surface area contributed by atoms with Crippen LogP contribution in [-0.2, 0) is 19.1 Å². The maximum atomic E-state index is 13.1. The van der Waals surface area contributed by atoms with E-state index in [4.69, 9.17) is 0 Å². The molecule has 0 spiro atoms. The van der Waals surface area contributed by atoms with Crippen molar-refractivity contribution in [3.8, 4) is 0 Å². The minimum atomic E-state index is -4.47. The fourth-order valence-electron chi connectivity index (χ4n) is 2.93. The predicted molar refractivity (Wildman–Crippen MR) is 109 cm³/mol. The van der Waals surface area contributed by atoms with Crippen molar-refractivity contribution in [2.75, 3.05) is 5.32 Å². The second kappa shape index (κ2) is 8.65. The number of carbonyl (C=O) groups excluding carboxylic acids is 1. The summed E-state index contributed by atoms with van der Waals surface area (Å²) in [6, 6.07) is 13.0. The smallest absolute Gasteiger partial charge is 0.347 e. The highest BCUT2D eigenvalue weighted by Crippen LogP contribution is 2.32. The lowest BCUT2D eigenvalue weighted by Gasteiger charge is -2.13. The number of amides is 1. The Bertz CT molecular complexity index is 1010. The predicted octanol–water partition coefficient (Wildman–Crippen LogP) is 5.71. The maximum Gasteiger partial charge on any atom is 0.416 e. The van der Waals surface area contributed by atoms with Crippen LogP contribution in [0, 0.1) is 6.92 Å².